The first-order valence-electron chi connectivity index (χ1n) is 8.53. The Morgan fingerprint density at radius 1 is 1.22 bits per heavy atom. The standard InChI is InChI=1S/C19H14Cl2N4OS/c20-11-3-4-12(13(21)8-11)18-17-14(24-19-22-9-23-25(18)19)6-10(7-15(17)26)16-2-1-5-27-16/h1-5,8-10,18H,6-7H2,(H,22,23,24)/t10-,18-/m1/s1. The Kier molecular flexibility index (Phi) is 4.07. The van der Waals surface area contributed by atoms with Crippen molar-refractivity contribution in [2.24, 2.45) is 0 Å². The Morgan fingerprint density at radius 3 is 2.89 bits per heavy atom. The van der Waals surface area contributed by atoms with Crippen molar-refractivity contribution in [2.45, 2.75) is 24.8 Å². The fourth-order valence-corrected chi connectivity index (χ4v) is 5.23. The predicted octanol–water partition coefficient (Wildman–Crippen LogP) is 5.06. The van der Waals surface area contributed by atoms with E-state index in [0.29, 0.717) is 28.0 Å². The molecule has 0 unspecified atom stereocenters. The van der Waals surface area contributed by atoms with E-state index < -0.39 is 6.04 Å². The summed E-state index contributed by atoms with van der Waals surface area (Å²) in [5.74, 6) is 0.906. The van der Waals surface area contributed by atoms with Gasteiger partial charge < -0.3 is 5.32 Å². The van der Waals surface area contributed by atoms with Gasteiger partial charge in [-0.15, -0.1) is 11.3 Å². The molecular weight excluding hydrogens is 403 g/mol. The Morgan fingerprint density at radius 2 is 2.11 bits per heavy atom. The maximum Gasteiger partial charge on any atom is 0.226 e. The molecule has 5 nitrogen and oxygen atoms in total. The molecule has 0 bridgehead atoms. The van der Waals surface area contributed by atoms with Crippen LogP contribution in [-0.4, -0.2) is 20.5 Å². The number of carbonyl (C=O) groups is 1. The van der Waals surface area contributed by atoms with E-state index >= 15 is 0 Å². The van der Waals surface area contributed by atoms with Crippen LogP contribution in [0.1, 0.15) is 35.2 Å². The minimum absolute atomic E-state index is 0.110. The molecule has 1 aromatic carbocycles. The number of nitrogens with one attached hydrogen (secondary N) is 1. The van der Waals surface area contributed by atoms with Crippen molar-refractivity contribution >= 4 is 46.3 Å². The van der Waals surface area contributed by atoms with Crippen molar-refractivity contribution in [3.8, 4) is 0 Å². The van der Waals surface area contributed by atoms with Crippen LogP contribution in [0, 0.1) is 0 Å². The monoisotopic (exact) mass is 416 g/mol. The van der Waals surface area contributed by atoms with Gasteiger partial charge in [-0.2, -0.15) is 10.1 Å². The van der Waals surface area contributed by atoms with E-state index in [-0.39, 0.29) is 11.7 Å². The lowest BCUT2D eigenvalue weighted by molar-refractivity contribution is -0.116. The highest BCUT2D eigenvalue weighted by molar-refractivity contribution is 7.10. The summed E-state index contributed by atoms with van der Waals surface area (Å²) in [5, 5.41) is 10.8. The lowest BCUT2D eigenvalue weighted by Crippen LogP contribution is -2.33. The first kappa shape index (κ1) is 17.0. The topological polar surface area (TPSA) is 59.8 Å². The average Bonchev–Trinajstić information content (AvgIpc) is 3.32. The van der Waals surface area contributed by atoms with Gasteiger partial charge in [0.05, 0.1) is 0 Å². The van der Waals surface area contributed by atoms with Crippen molar-refractivity contribution in [1.82, 2.24) is 14.8 Å². The lowest BCUT2D eigenvalue weighted by Gasteiger charge is -2.35. The maximum atomic E-state index is 13.2. The quantitative estimate of drug-likeness (QED) is 0.633. The number of rotatable bonds is 2. The number of halogens is 2. The summed E-state index contributed by atoms with van der Waals surface area (Å²) < 4.78 is 1.72. The van der Waals surface area contributed by atoms with Crippen LogP contribution in [0.25, 0.3) is 0 Å². The van der Waals surface area contributed by atoms with Gasteiger partial charge in [0.2, 0.25) is 5.95 Å². The smallest absolute Gasteiger partial charge is 0.226 e. The number of allylic oxidation sites excluding steroid dienone is 2. The number of benzene rings is 1. The van der Waals surface area contributed by atoms with Crippen LogP contribution in [0.3, 0.4) is 0 Å². The summed E-state index contributed by atoms with van der Waals surface area (Å²) in [5.41, 5.74) is 2.41. The predicted molar refractivity (Wildman–Crippen MR) is 107 cm³/mol. The maximum absolute atomic E-state index is 13.2. The SMILES string of the molecule is O=C1C[C@H](c2cccs2)CC2=C1[C@@H](c1ccc(Cl)cc1Cl)n1ncnc1N2. The van der Waals surface area contributed by atoms with Gasteiger partial charge >= 0.3 is 0 Å². The van der Waals surface area contributed by atoms with Crippen LogP contribution in [0.2, 0.25) is 10.0 Å². The van der Waals surface area contributed by atoms with Crippen molar-refractivity contribution in [1.29, 1.82) is 0 Å². The molecule has 27 heavy (non-hydrogen) atoms. The van der Waals surface area contributed by atoms with Gasteiger partial charge in [0.1, 0.15) is 12.4 Å². The van der Waals surface area contributed by atoms with Crippen LogP contribution in [0.15, 0.2) is 53.3 Å². The zero-order chi connectivity index (χ0) is 18.5. The van der Waals surface area contributed by atoms with Crippen LogP contribution in [-0.2, 0) is 4.79 Å². The molecule has 0 saturated heterocycles. The number of hydrogen-bond donors (Lipinski definition) is 1. The third-order valence-corrected chi connectivity index (χ3v) is 6.66. The van der Waals surface area contributed by atoms with Crippen LogP contribution < -0.4 is 5.32 Å². The third kappa shape index (κ3) is 2.79. The highest BCUT2D eigenvalue weighted by Crippen LogP contribution is 2.45. The van der Waals surface area contributed by atoms with E-state index in [4.69, 9.17) is 23.2 Å². The first-order valence-corrected chi connectivity index (χ1v) is 10.2. The van der Waals surface area contributed by atoms with E-state index in [1.807, 2.05) is 17.5 Å². The largest absolute Gasteiger partial charge is 0.328 e. The second-order valence-electron chi connectivity index (χ2n) is 6.66. The zero-order valence-electron chi connectivity index (χ0n) is 14.0. The third-order valence-electron chi connectivity index (χ3n) is 5.06. The van der Waals surface area contributed by atoms with Gasteiger partial charge in [0.25, 0.3) is 0 Å². The van der Waals surface area contributed by atoms with Crippen molar-refractivity contribution in [3.63, 3.8) is 0 Å². The van der Waals surface area contributed by atoms with Crippen LogP contribution >= 0.6 is 34.5 Å². The van der Waals surface area contributed by atoms with Gasteiger partial charge in [0, 0.05) is 44.1 Å². The van der Waals surface area contributed by atoms with Crippen molar-refractivity contribution in [2.75, 3.05) is 5.32 Å². The molecule has 3 aromatic rings. The number of anilines is 1. The van der Waals surface area contributed by atoms with Gasteiger partial charge in [0.15, 0.2) is 5.78 Å². The first-order chi connectivity index (χ1) is 13.1. The molecule has 2 aliphatic rings. The van der Waals surface area contributed by atoms with Crippen molar-refractivity contribution < 1.29 is 4.79 Å². The Labute approximate surface area is 169 Å². The Bertz CT molecular complexity index is 1070. The molecule has 0 spiro atoms. The van der Waals surface area contributed by atoms with Gasteiger partial charge in [-0.1, -0.05) is 35.3 Å². The number of carbonyl (C=O) groups excluding carboxylic acids is 1. The molecule has 1 N–H and O–H groups in total. The van der Waals surface area contributed by atoms with E-state index in [0.717, 1.165) is 17.7 Å². The molecule has 1 aliphatic heterocycles. The molecular formula is C19H14Cl2N4OS. The lowest BCUT2D eigenvalue weighted by atomic mass is 9.80. The fourth-order valence-electron chi connectivity index (χ4n) is 3.89. The average molecular weight is 417 g/mol. The minimum atomic E-state index is -0.402. The summed E-state index contributed by atoms with van der Waals surface area (Å²) in [4.78, 5) is 18.7. The summed E-state index contributed by atoms with van der Waals surface area (Å²) in [6.07, 6.45) is 2.72. The van der Waals surface area contributed by atoms with Crippen LogP contribution in [0.4, 0.5) is 5.95 Å². The molecule has 2 aromatic heterocycles. The second kappa shape index (κ2) is 6.48. The molecule has 5 rings (SSSR count). The molecule has 1 aliphatic carbocycles. The Hall–Kier alpha value is -2.15. The summed E-state index contributed by atoms with van der Waals surface area (Å²) in [6, 6.07) is 9.04. The van der Waals surface area contributed by atoms with E-state index in [1.54, 1.807) is 28.2 Å². The molecule has 0 fully saturated rings. The van der Waals surface area contributed by atoms with Gasteiger partial charge in [-0.05, 0) is 30.0 Å². The second-order valence-corrected chi connectivity index (χ2v) is 8.48. The van der Waals surface area contributed by atoms with Crippen LogP contribution in [0.5, 0.6) is 0 Å². The summed E-state index contributed by atoms with van der Waals surface area (Å²) >= 11 is 14.2. The fraction of sp³-hybridized carbons (Fsp3) is 0.211. The van der Waals surface area contributed by atoms with Gasteiger partial charge in [-0.25, -0.2) is 4.68 Å². The van der Waals surface area contributed by atoms with E-state index in [9.17, 15) is 4.79 Å². The number of Topliss-reactive ketones (excluding diaryl/α,β-unsaturated/α-hetero) is 1. The number of hydrogen-bond acceptors (Lipinski definition) is 5. The molecule has 0 saturated carbocycles. The van der Waals surface area contributed by atoms with Crippen molar-refractivity contribution in [3.05, 3.63) is 73.8 Å². The number of nitrogens with zero attached hydrogens (tertiary/aromatic N) is 3. The normalized spacial score (nSPS) is 21.6. The molecule has 0 radical (unpaired) electrons. The summed E-state index contributed by atoms with van der Waals surface area (Å²) in [6.45, 7) is 0. The minimum Gasteiger partial charge on any atom is -0.328 e. The van der Waals surface area contributed by atoms with E-state index in [1.165, 1.54) is 11.2 Å². The summed E-state index contributed by atoms with van der Waals surface area (Å²) in [7, 11) is 0. The number of ketones is 1. The van der Waals surface area contributed by atoms with Gasteiger partial charge in [-0.3, -0.25) is 4.79 Å². The van der Waals surface area contributed by atoms with E-state index in [2.05, 4.69) is 21.5 Å². The molecule has 3 heterocycles. The highest BCUT2D eigenvalue weighted by atomic mass is 35.5. The molecule has 0 amide bonds. The number of aromatic nitrogens is 3. The Balaban J connectivity index is 1.65. The molecule has 2 atom stereocenters. The zero-order valence-corrected chi connectivity index (χ0v) is 16.4. The number of fused-ring (bicyclic) bond motifs is 1. The number of thiophene rings is 1. The molecule has 8 heteroatoms. The molecule has 136 valence electrons. The highest BCUT2D eigenvalue weighted by Gasteiger charge is 2.40.